The van der Waals surface area contributed by atoms with Gasteiger partial charge >= 0.3 is 0 Å². The molecule has 2 rings (SSSR count). The molecule has 0 radical (unpaired) electrons. The van der Waals surface area contributed by atoms with E-state index < -0.39 is 0 Å². The van der Waals surface area contributed by atoms with Gasteiger partial charge in [-0.15, -0.1) is 0 Å². The third-order valence-electron chi connectivity index (χ3n) is 3.10. The van der Waals surface area contributed by atoms with E-state index in [0.29, 0.717) is 12.0 Å². The zero-order valence-electron chi connectivity index (χ0n) is 9.03. The monoisotopic (exact) mass is 193 g/mol. The number of aryl methyl sites for hydroxylation is 1. The summed E-state index contributed by atoms with van der Waals surface area (Å²) in [5.74, 6) is 0.653. The molecule has 1 unspecified atom stereocenters. The lowest BCUT2D eigenvalue weighted by atomic mass is 10.0. The number of aromatic nitrogens is 2. The summed E-state index contributed by atoms with van der Waals surface area (Å²) in [6, 6.07) is 0.518. The maximum atomic E-state index is 5.63. The van der Waals surface area contributed by atoms with Crippen LogP contribution in [0.5, 0.6) is 0 Å². The molecule has 0 bridgehead atoms. The van der Waals surface area contributed by atoms with Gasteiger partial charge < -0.3 is 10.3 Å². The van der Waals surface area contributed by atoms with Gasteiger partial charge in [-0.2, -0.15) is 0 Å². The van der Waals surface area contributed by atoms with Crippen LogP contribution in [0.25, 0.3) is 0 Å². The second kappa shape index (κ2) is 3.73. The molecule has 14 heavy (non-hydrogen) atoms. The van der Waals surface area contributed by atoms with E-state index in [1.807, 2.05) is 6.33 Å². The van der Waals surface area contributed by atoms with Crippen LogP contribution >= 0.6 is 0 Å². The molecule has 1 aliphatic carbocycles. The smallest absolute Gasteiger partial charge is 0.0954 e. The lowest BCUT2D eigenvalue weighted by molar-refractivity contribution is 0.522. The summed E-state index contributed by atoms with van der Waals surface area (Å²) < 4.78 is 2.31. The van der Waals surface area contributed by atoms with Crippen LogP contribution in [-0.2, 0) is 6.42 Å². The number of hydrogen-bond acceptors (Lipinski definition) is 2. The quantitative estimate of drug-likeness (QED) is 0.796. The van der Waals surface area contributed by atoms with E-state index in [0.717, 1.165) is 19.4 Å². The van der Waals surface area contributed by atoms with Gasteiger partial charge in [0.25, 0.3) is 0 Å². The molecule has 0 aliphatic heterocycles. The summed E-state index contributed by atoms with van der Waals surface area (Å²) in [7, 11) is 0. The molecule has 1 heterocycles. The Morgan fingerprint density at radius 3 is 3.07 bits per heavy atom. The number of nitrogens with two attached hydrogens (primary N) is 1. The van der Waals surface area contributed by atoms with E-state index in [9.17, 15) is 0 Å². The second-order valence-electron chi connectivity index (χ2n) is 4.39. The maximum absolute atomic E-state index is 5.63. The number of hydrogen-bond donors (Lipinski definition) is 1. The third-order valence-corrected chi connectivity index (χ3v) is 3.10. The van der Waals surface area contributed by atoms with E-state index in [-0.39, 0.29) is 0 Å². The molecule has 0 amide bonds. The molecule has 1 aromatic heterocycles. The molecule has 0 aromatic carbocycles. The highest BCUT2D eigenvalue weighted by atomic mass is 15.1. The first-order valence-electron chi connectivity index (χ1n) is 5.49. The number of rotatable bonds is 3. The van der Waals surface area contributed by atoms with Gasteiger partial charge in [0.1, 0.15) is 0 Å². The first-order chi connectivity index (χ1) is 6.74. The zero-order chi connectivity index (χ0) is 10.1. The molecule has 1 aromatic rings. The minimum absolute atomic E-state index is 0.518. The highest BCUT2D eigenvalue weighted by Gasteiger charge is 2.27. The third kappa shape index (κ3) is 1.46. The lowest BCUT2D eigenvalue weighted by Gasteiger charge is -2.16. The Morgan fingerprint density at radius 1 is 1.64 bits per heavy atom. The molecule has 1 aliphatic rings. The van der Waals surface area contributed by atoms with Crippen molar-refractivity contribution < 1.29 is 0 Å². The molecule has 0 fully saturated rings. The van der Waals surface area contributed by atoms with Crippen molar-refractivity contribution in [2.24, 2.45) is 5.73 Å². The Balaban J connectivity index is 2.30. The lowest BCUT2D eigenvalue weighted by Crippen LogP contribution is -2.11. The second-order valence-corrected chi connectivity index (χ2v) is 4.39. The van der Waals surface area contributed by atoms with Gasteiger partial charge in [0.15, 0.2) is 0 Å². The van der Waals surface area contributed by atoms with E-state index in [1.165, 1.54) is 17.8 Å². The predicted octanol–water partition coefficient (Wildman–Crippen LogP) is 1.84. The number of imidazole rings is 1. The van der Waals surface area contributed by atoms with Gasteiger partial charge in [0.05, 0.1) is 12.0 Å². The summed E-state index contributed by atoms with van der Waals surface area (Å²) in [6.45, 7) is 5.20. The summed E-state index contributed by atoms with van der Waals surface area (Å²) in [5, 5.41) is 0. The normalized spacial score (nSPS) is 20.4. The van der Waals surface area contributed by atoms with Crippen LogP contribution in [0.15, 0.2) is 6.33 Å². The topological polar surface area (TPSA) is 43.8 Å². The summed E-state index contributed by atoms with van der Waals surface area (Å²) in [5.41, 5.74) is 8.38. The zero-order valence-corrected chi connectivity index (χ0v) is 9.03. The van der Waals surface area contributed by atoms with Gasteiger partial charge in [0, 0.05) is 17.7 Å². The Bertz CT molecular complexity index is 314. The minimum Gasteiger partial charge on any atom is -0.332 e. The van der Waals surface area contributed by atoms with Crippen molar-refractivity contribution in [1.82, 2.24) is 9.55 Å². The standard InChI is InChI=1S/C11H19N3/c1-8(2)14-7-13-10-4-3-9(5-6-12)11(10)14/h7-9H,3-6,12H2,1-2H3. The minimum atomic E-state index is 0.518. The summed E-state index contributed by atoms with van der Waals surface area (Å²) in [6.07, 6.45) is 5.46. The molecule has 3 nitrogen and oxygen atoms in total. The Labute approximate surface area is 85.3 Å². The highest BCUT2D eigenvalue weighted by molar-refractivity contribution is 5.24. The van der Waals surface area contributed by atoms with Crippen molar-refractivity contribution in [3.63, 3.8) is 0 Å². The number of fused-ring (bicyclic) bond motifs is 1. The molecule has 0 spiro atoms. The van der Waals surface area contributed by atoms with Crippen molar-refractivity contribution in [1.29, 1.82) is 0 Å². The van der Waals surface area contributed by atoms with Crippen LogP contribution in [0.3, 0.4) is 0 Å². The molecule has 3 heteroatoms. The molecule has 0 saturated carbocycles. The van der Waals surface area contributed by atoms with Gasteiger partial charge in [-0.05, 0) is 39.7 Å². The fourth-order valence-corrected chi connectivity index (χ4v) is 2.39. The van der Waals surface area contributed by atoms with Gasteiger partial charge in [-0.25, -0.2) is 4.98 Å². The van der Waals surface area contributed by atoms with Gasteiger partial charge in [-0.3, -0.25) is 0 Å². The van der Waals surface area contributed by atoms with Gasteiger partial charge in [-0.1, -0.05) is 0 Å². The average molecular weight is 193 g/mol. The first-order valence-corrected chi connectivity index (χ1v) is 5.49. The van der Waals surface area contributed by atoms with Crippen LogP contribution in [0.1, 0.15) is 50.0 Å². The Hall–Kier alpha value is -0.830. The summed E-state index contributed by atoms with van der Waals surface area (Å²) >= 11 is 0. The average Bonchev–Trinajstić information content (AvgIpc) is 2.67. The molecular formula is C11H19N3. The van der Waals surface area contributed by atoms with Gasteiger partial charge in [0.2, 0.25) is 0 Å². The molecular weight excluding hydrogens is 174 g/mol. The van der Waals surface area contributed by atoms with Crippen LogP contribution in [0, 0.1) is 0 Å². The molecule has 1 atom stereocenters. The van der Waals surface area contributed by atoms with E-state index >= 15 is 0 Å². The van der Waals surface area contributed by atoms with Crippen molar-refractivity contribution in [2.45, 2.75) is 45.1 Å². The van der Waals surface area contributed by atoms with E-state index in [1.54, 1.807) is 0 Å². The van der Waals surface area contributed by atoms with Crippen molar-refractivity contribution >= 4 is 0 Å². The maximum Gasteiger partial charge on any atom is 0.0954 e. The fourth-order valence-electron chi connectivity index (χ4n) is 2.39. The number of nitrogens with zero attached hydrogens (tertiary/aromatic N) is 2. The van der Waals surface area contributed by atoms with Crippen LogP contribution in [-0.4, -0.2) is 16.1 Å². The van der Waals surface area contributed by atoms with Crippen LogP contribution in [0.4, 0.5) is 0 Å². The van der Waals surface area contributed by atoms with Crippen molar-refractivity contribution in [2.75, 3.05) is 6.54 Å². The molecule has 0 saturated heterocycles. The highest BCUT2D eigenvalue weighted by Crippen LogP contribution is 2.35. The van der Waals surface area contributed by atoms with Crippen LogP contribution < -0.4 is 5.73 Å². The van der Waals surface area contributed by atoms with Crippen LogP contribution in [0.2, 0.25) is 0 Å². The first kappa shape index (κ1) is 9.71. The van der Waals surface area contributed by atoms with E-state index in [4.69, 9.17) is 5.73 Å². The van der Waals surface area contributed by atoms with Crippen molar-refractivity contribution in [3.05, 3.63) is 17.7 Å². The van der Waals surface area contributed by atoms with Crippen molar-refractivity contribution in [3.8, 4) is 0 Å². The Kier molecular flexibility index (Phi) is 2.59. The fraction of sp³-hybridized carbons (Fsp3) is 0.727. The predicted molar refractivity (Wildman–Crippen MR) is 57.3 cm³/mol. The largest absolute Gasteiger partial charge is 0.332 e. The van der Waals surface area contributed by atoms with E-state index in [2.05, 4.69) is 23.4 Å². The molecule has 2 N–H and O–H groups in total. The Morgan fingerprint density at radius 2 is 2.43 bits per heavy atom. The summed E-state index contributed by atoms with van der Waals surface area (Å²) in [4.78, 5) is 4.47. The molecule has 78 valence electrons. The SMILES string of the molecule is CC(C)n1cnc2c1C(CCN)CC2.